The average Bonchev–Trinajstić information content (AvgIpc) is 3.29. The number of nitrogens with one attached hydrogen (secondary N) is 4. The van der Waals surface area contributed by atoms with Crippen molar-refractivity contribution in [2.75, 3.05) is 39.9 Å². The molecule has 17 nitrogen and oxygen atoms in total. The second-order valence-corrected chi connectivity index (χ2v) is 16.7. The molecule has 5 unspecified atom stereocenters. The number of aryl methyl sites for hydroxylation is 1. The van der Waals surface area contributed by atoms with E-state index in [2.05, 4.69) is 28.2 Å². The molecule has 19 heteroatoms. The molecule has 0 spiro atoms. The van der Waals surface area contributed by atoms with E-state index in [9.17, 15) is 34.0 Å². The number of amides is 5. The highest BCUT2D eigenvalue weighted by atomic mass is 19.1. The lowest BCUT2D eigenvalue weighted by Gasteiger charge is -2.33. The van der Waals surface area contributed by atoms with Crippen molar-refractivity contribution < 1.29 is 47.9 Å². The molecule has 1 aliphatic heterocycles. The number of nitrogens with zero attached hydrogens (tertiary/aromatic N) is 1. The predicted octanol–water partition coefficient (Wildman–Crippen LogP) is 2.17. The van der Waals surface area contributed by atoms with E-state index in [1.54, 1.807) is 42.5 Å². The third kappa shape index (κ3) is 15.0. The number of likely N-dealkylation sites (N-methyl/N-ethyl adjacent to an activating group) is 1. The second-order valence-electron chi connectivity index (χ2n) is 16.7. The zero-order chi connectivity index (χ0) is 48.3. The minimum atomic E-state index is -1.89. The topological polar surface area (TPSA) is 274 Å². The van der Waals surface area contributed by atoms with Gasteiger partial charge in [-0.3, -0.25) is 24.0 Å². The first kappa shape index (κ1) is 53.0. The lowest BCUT2D eigenvalue weighted by Crippen LogP contribution is -2.57. The van der Waals surface area contributed by atoms with Crippen molar-refractivity contribution in [1.29, 1.82) is 0 Å². The van der Waals surface area contributed by atoms with Gasteiger partial charge in [-0.2, -0.15) is 0 Å². The standard InChI is InChI=1S/C47H68BFN8O9/c1-5-6-7-8-9-10-12-31-14-17-34(37(49)26-31)44(59)55-38(13-11-20-50)47(62)57(4)42-33-16-19-41(66-24-22-52)36(28-33)35-25-32(15-18-40(35)65-23-21-51)27-39(45(60)54-30(3)48(63)64)56-43(58)29(2)53-46(42)61/h14-19,25-26,28-30,38-39,42,63-64H,5-13,20-24,27,50-52H2,1-4H3,(H,53,61)(H,54,60)(H,55,59)(H,56,58). The van der Waals surface area contributed by atoms with E-state index in [1.807, 2.05) is 0 Å². The van der Waals surface area contributed by atoms with E-state index >= 15 is 4.39 Å². The molecule has 0 saturated carbocycles. The molecule has 5 amide bonds. The summed E-state index contributed by atoms with van der Waals surface area (Å²) < 4.78 is 27.7. The maximum Gasteiger partial charge on any atom is 0.475 e. The molecular weight excluding hydrogens is 850 g/mol. The molecule has 0 aliphatic carbocycles. The highest BCUT2D eigenvalue weighted by Gasteiger charge is 2.36. The van der Waals surface area contributed by atoms with Crippen molar-refractivity contribution in [2.45, 2.75) is 115 Å². The zero-order valence-corrected chi connectivity index (χ0v) is 38.6. The Morgan fingerprint density at radius 1 is 0.848 bits per heavy atom. The first-order chi connectivity index (χ1) is 31.6. The van der Waals surface area contributed by atoms with E-state index in [4.69, 9.17) is 26.7 Å². The quantitative estimate of drug-likeness (QED) is 0.0490. The number of carbonyl (C=O) groups is 5. The van der Waals surface area contributed by atoms with Crippen molar-refractivity contribution in [1.82, 2.24) is 26.2 Å². The Morgan fingerprint density at radius 3 is 2.14 bits per heavy atom. The summed E-state index contributed by atoms with van der Waals surface area (Å²) in [7, 11) is -0.510. The lowest BCUT2D eigenvalue weighted by molar-refractivity contribution is -0.141. The summed E-state index contributed by atoms with van der Waals surface area (Å²) in [6.45, 7) is 5.68. The number of hydrogen-bond donors (Lipinski definition) is 9. The van der Waals surface area contributed by atoms with E-state index < -0.39 is 72.6 Å². The highest BCUT2D eigenvalue weighted by molar-refractivity contribution is 6.43. The maximum absolute atomic E-state index is 15.5. The molecule has 1 aliphatic rings. The van der Waals surface area contributed by atoms with Crippen LogP contribution >= 0.6 is 0 Å². The van der Waals surface area contributed by atoms with Gasteiger partial charge in [-0.05, 0) is 99.2 Å². The molecule has 5 atom stereocenters. The number of rotatable bonds is 23. The molecule has 66 heavy (non-hydrogen) atoms. The van der Waals surface area contributed by atoms with Crippen molar-refractivity contribution in [3.8, 4) is 22.6 Å². The number of nitrogens with two attached hydrogens (primary N) is 3. The molecule has 4 bridgehead atoms. The summed E-state index contributed by atoms with van der Waals surface area (Å²) in [6, 6.07) is 9.18. The lowest BCUT2D eigenvalue weighted by atomic mass is 9.81. The van der Waals surface area contributed by atoms with Crippen LogP contribution in [0.5, 0.6) is 11.5 Å². The number of benzene rings is 3. The Bertz CT molecular complexity index is 2110. The van der Waals surface area contributed by atoms with Crippen LogP contribution in [0, 0.1) is 5.82 Å². The Balaban J connectivity index is 1.78. The van der Waals surface area contributed by atoms with E-state index in [0.29, 0.717) is 41.0 Å². The average molecular weight is 919 g/mol. The summed E-state index contributed by atoms with van der Waals surface area (Å²) in [5.41, 5.74) is 19.7. The fourth-order valence-corrected chi connectivity index (χ4v) is 7.68. The van der Waals surface area contributed by atoms with Gasteiger partial charge in [0.1, 0.15) is 54.7 Å². The molecule has 3 aromatic rings. The van der Waals surface area contributed by atoms with Crippen LogP contribution in [0.1, 0.15) is 105 Å². The number of unbranched alkanes of at least 4 members (excludes halogenated alkanes) is 5. The highest BCUT2D eigenvalue weighted by Crippen LogP contribution is 2.40. The Hall–Kier alpha value is -5.60. The zero-order valence-electron chi connectivity index (χ0n) is 38.6. The largest absolute Gasteiger partial charge is 0.492 e. The molecule has 360 valence electrons. The molecule has 4 rings (SSSR count). The smallest absolute Gasteiger partial charge is 0.475 e. The summed E-state index contributed by atoms with van der Waals surface area (Å²) in [4.78, 5) is 71.5. The molecule has 12 N–H and O–H groups in total. The van der Waals surface area contributed by atoms with E-state index in [-0.39, 0.29) is 56.8 Å². The first-order valence-electron chi connectivity index (χ1n) is 22.9. The van der Waals surface area contributed by atoms with E-state index in [1.165, 1.54) is 39.4 Å². The van der Waals surface area contributed by atoms with E-state index in [0.717, 1.165) is 42.6 Å². The van der Waals surface area contributed by atoms with Crippen LogP contribution in [-0.2, 0) is 32.0 Å². The van der Waals surface area contributed by atoms with Crippen LogP contribution in [0.25, 0.3) is 11.1 Å². The van der Waals surface area contributed by atoms with Crippen LogP contribution in [0.2, 0.25) is 0 Å². The van der Waals surface area contributed by atoms with Crippen molar-refractivity contribution in [2.24, 2.45) is 17.2 Å². The van der Waals surface area contributed by atoms with Gasteiger partial charge < -0.3 is 62.9 Å². The fourth-order valence-electron chi connectivity index (χ4n) is 7.68. The minimum absolute atomic E-state index is 0.0530. The number of fused-ring (bicyclic) bond motifs is 5. The SMILES string of the molecule is CCCCCCCCc1ccc(C(=O)NC(CCCN)C(=O)N(C)C2C(=O)NC(C)C(=O)NC(C(=O)NC(C)B(O)O)Cc3ccc(OCCN)c(c3)-c3cc2ccc3OCCN)c(F)c1. The summed E-state index contributed by atoms with van der Waals surface area (Å²) in [6.07, 6.45) is 7.45. The molecule has 3 aromatic carbocycles. The summed E-state index contributed by atoms with van der Waals surface area (Å²) in [5.74, 6) is -4.93. The van der Waals surface area contributed by atoms with Crippen LogP contribution in [0.3, 0.4) is 0 Å². The van der Waals surface area contributed by atoms with Gasteiger partial charge >= 0.3 is 7.12 Å². The maximum atomic E-state index is 15.5. The molecule has 0 saturated heterocycles. The van der Waals surface area contributed by atoms with Gasteiger partial charge in [0.05, 0.1) is 11.5 Å². The fraction of sp³-hybridized carbons (Fsp3) is 0.511. The summed E-state index contributed by atoms with van der Waals surface area (Å²) in [5, 5.41) is 30.0. The number of ether oxygens (including phenoxy) is 2. The van der Waals surface area contributed by atoms with Crippen molar-refractivity contribution in [3.05, 3.63) is 82.7 Å². The van der Waals surface area contributed by atoms with Crippen LogP contribution in [0.4, 0.5) is 4.39 Å². The third-order valence-electron chi connectivity index (χ3n) is 11.4. The van der Waals surface area contributed by atoms with Crippen LogP contribution < -0.4 is 47.9 Å². The minimum Gasteiger partial charge on any atom is -0.492 e. The van der Waals surface area contributed by atoms with Gasteiger partial charge in [0.2, 0.25) is 23.6 Å². The Morgan fingerprint density at radius 2 is 1.50 bits per heavy atom. The third-order valence-corrected chi connectivity index (χ3v) is 11.4. The van der Waals surface area contributed by atoms with Gasteiger partial charge in [-0.1, -0.05) is 57.2 Å². The van der Waals surface area contributed by atoms with Gasteiger partial charge in [-0.15, -0.1) is 0 Å². The number of halogens is 1. The summed E-state index contributed by atoms with van der Waals surface area (Å²) >= 11 is 0. The molecule has 0 radical (unpaired) electrons. The Labute approximate surface area is 387 Å². The molecule has 0 aromatic heterocycles. The first-order valence-corrected chi connectivity index (χ1v) is 22.9. The normalized spacial score (nSPS) is 17.0. The molecular formula is C47H68BFN8O9. The molecule has 0 fully saturated rings. The number of hydrogen-bond acceptors (Lipinski definition) is 12. The monoisotopic (exact) mass is 919 g/mol. The molecule has 1 heterocycles. The second kappa shape index (κ2) is 26.5. The van der Waals surface area contributed by atoms with Crippen LogP contribution in [0.15, 0.2) is 54.6 Å². The van der Waals surface area contributed by atoms with Gasteiger partial charge in [0.15, 0.2) is 0 Å². The van der Waals surface area contributed by atoms with Crippen molar-refractivity contribution >= 4 is 36.7 Å². The van der Waals surface area contributed by atoms with Gasteiger partial charge in [0.25, 0.3) is 5.91 Å². The predicted molar refractivity (Wildman–Crippen MR) is 251 cm³/mol. The van der Waals surface area contributed by atoms with Crippen molar-refractivity contribution in [3.63, 3.8) is 0 Å². The van der Waals surface area contributed by atoms with Gasteiger partial charge in [-0.25, -0.2) is 4.39 Å². The van der Waals surface area contributed by atoms with Crippen LogP contribution in [-0.4, -0.2) is 116 Å². The van der Waals surface area contributed by atoms with Gasteiger partial charge in [0, 0.05) is 37.7 Å². The number of carbonyl (C=O) groups excluding carboxylic acids is 5. The Kier molecular flexibility index (Phi) is 21.3.